The number of nitrogens with zero attached hydrogens (tertiary/aromatic N) is 1. The molecule has 0 heterocycles. The SMILES string of the molecule is NC(=S)N/N=C/c1ccc(Br)cc1. The van der Waals surface area contributed by atoms with E-state index in [0.29, 0.717) is 0 Å². The van der Waals surface area contributed by atoms with Crippen molar-refractivity contribution in [2.45, 2.75) is 0 Å². The van der Waals surface area contributed by atoms with Crippen LogP contribution in [0.4, 0.5) is 0 Å². The van der Waals surface area contributed by atoms with Gasteiger partial charge in [0, 0.05) is 4.47 Å². The number of rotatable bonds is 2. The van der Waals surface area contributed by atoms with Gasteiger partial charge in [0.05, 0.1) is 6.21 Å². The third-order valence-electron chi connectivity index (χ3n) is 1.26. The lowest BCUT2D eigenvalue weighted by Gasteiger charge is -1.94. The van der Waals surface area contributed by atoms with Crippen molar-refractivity contribution >= 4 is 39.5 Å². The second kappa shape index (κ2) is 4.94. The van der Waals surface area contributed by atoms with Gasteiger partial charge in [-0.05, 0) is 29.9 Å². The van der Waals surface area contributed by atoms with Crippen molar-refractivity contribution in [1.29, 1.82) is 0 Å². The zero-order valence-corrected chi connectivity index (χ0v) is 9.10. The van der Waals surface area contributed by atoms with Crippen LogP contribution in [0.2, 0.25) is 0 Å². The van der Waals surface area contributed by atoms with E-state index in [1.54, 1.807) is 6.21 Å². The van der Waals surface area contributed by atoms with Crippen molar-refractivity contribution in [2.75, 3.05) is 0 Å². The molecule has 5 heteroatoms. The summed E-state index contributed by atoms with van der Waals surface area (Å²) < 4.78 is 1.03. The second-order valence-corrected chi connectivity index (χ2v) is 3.64. The number of nitrogens with two attached hydrogens (primary N) is 1. The van der Waals surface area contributed by atoms with E-state index < -0.39 is 0 Å². The molecule has 0 aliphatic rings. The summed E-state index contributed by atoms with van der Waals surface area (Å²) in [4.78, 5) is 0. The molecule has 0 aliphatic carbocycles. The molecule has 0 radical (unpaired) electrons. The highest BCUT2D eigenvalue weighted by Gasteiger charge is 1.87. The summed E-state index contributed by atoms with van der Waals surface area (Å²) in [5.41, 5.74) is 8.63. The van der Waals surface area contributed by atoms with Crippen LogP contribution < -0.4 is 11.2 Å². The Morgan fingerprint density at radius 1 is 1.46 bits per heavy atom. The molecule has 13 heavy (non-hydrogen) atoms. The molecule has 0 bridgehead atoms. The van der Waals surface area contributed by atoms with Crippen molar-refractivity contribution in [2.24, 2.45) is 10.8 Å². The van der Waals surface area contributed by atoms with Crippen LogP contribution in [0, 0.1) is 0 Å². The van der Waals surface area contributed by atoms with E-state index in [-0.39, 0.29) is 5.11 Å². The Balaban J connectivity index is 2.59. The third kappa shape index (κ3) is 4.00. The minimum Gasteiger partial charge on any atom is -0.375 e. The van der Waals surface area contributed by atoms with Gasteiger partial charge in [-0.1, -0.05) is 28.1 Å². The van der Waals surface area contributed by atoms with Gasteiger partial charge >= 0.3 is 0 Å². The van der Waals surface area contributed by atoms with Crippen molar-refractivity contribution in [3.63, 3.8) is 0 Å². The summed E-state index contributed by atoms with van der Waals surface area (Å²) in [6, 6.07) is 7.72. The van der Waals surface area contributed by atoms with Gasteiger partial charge in [-0.3, -0.25) is 5.43 Å². The van der Waals surface area contributed by atoms with Crippen LogP contribution in [0.15, 0.2) is 33.8 Å². The topological polar surface area (TPSA) is 50.4 Å². The molecule has 3 nitrogen and oxygen atoms in total. The van der Waals surface area contributed by atoms with E-state index in [9.17, 15) is 0 Å². The molecule has 1 aromatic rings. The van der Waals surface area contributed by atoms with Crippen molar-refractivity contribution in [1.82, 2.24) is 5.43 Å². The van der Waals surface area contributed by atoms with Gasteiger partial charge in [0.2, 0.25) is 0 Å². The summed E-state index contributed by atoms with van der Waals surface area (Å²) in [5, 5.41) is 3.97. The predicted molar refractivity (Wildman–Crippen MR) is 61.7 cm³/mol. The molecule has 0 saturated heterocycles. The average molecular weight is 258 g/mol. The minimum absolute atomic E-state index is 0.161. The number of benzene rings is 1. The molecule has 3 N–H and O–H groups in total. The largest absolute Gasteiger partial charge is 0.375 e. The molecule has 0 aromatic heterocycles. The highest BCUT2D eigenvalue weighted by atomic mass is 79.9. The number of nitrogens with one attached hydrogen (secondary N) is 1. The average Bonchev–Trinajstić information content (AvgIpc) is 2.08. The van der Waals surface area contributed by atoms with Gasteiger partial charge in [-0.2, -0.15) is 5.10 Å². The molecular weight excluding hydrogens is 250 g/mol. The van der Waals surface area contributed by atoms with Crippen LogP contribution in [-0.2, 0) is 0 Å². The summed E-state index contributed by atoms with van der Waals surface area (Å²) in [7, 11) is 0. The van der Waals surface area contributed by atoms with Crippen LogP contribution in [0.25, 0.3) is 0 Å². The lowest BCUT2D eigenvalue weighted by Crippen LogP contribution is -2.23. The number of halogens is 1. The van der Waals surface area contributed by atoms with Crippen LogP contribution in [0.1, 0.15) is 5.56 Å². The van der Waals surface area contributed by atoms with Crippen LogP contribution in [0.5, 0.6) is 0 Å². The molecule has 1 aromatic carbocycles. The number of hydrogen-bond acceptors (Lipinski definition) is 2. The Labute approximate surface area is 90.1 Å². The molecule has 0 spiro atoms. The molecule has 0 amide bonds. The summed E-state index contributed by atoms with van der Waals surface area (Å²) in [6.07, 6.45) is 1.64. The molecule has 0 saturated carbocycles. The van der Waals surface area contributed by atoms with Crippen LogP contribution in [-0.4, -0.2) is 11.3 Å². The van der Waals surface area contributed by atoms with E-state index in [4.69, 9.17) is 5.73 Å². The normalized spacial score (nSPS) is 10.2. The van der Waals surface area contributed by atoms with Gasteiger partial charge in [0.1, 0.15) is 0 Å². The molecule has 1 rings (SSSR count). The first-order chi connectivity index (χ1) is 6.18. The standard InChI is InChI=1S/C8H8BrN3S/c9-7-3-1-6(2-4-7)5-11-12-8(10)13/h1-5H,(H3,10,12,13)/b11-5+. The number of hydrazone groups is 1. The van der Waals surface area contributed by atoms with Gasteiger partial charge in [-0.25, -0.2) is 0 Å². The first-order valence-electron chi connectivity index (χ1n) is 3.52. The maximum absolute atomic E-state index is 5.18. The van der Waals surface area contributed by atoms with Gasteiger partial charge in [-0.15, -0.1) is 0 Å². The molecular formula is C8H8BrN3S. The monoisotopic (exact) mass is 257 g/mol. The van der Waals surface area contributed by atoms with Gasteiger partial charge in [0.15, 0.2) is 5.11 Å². The molecule has 0 atom stereocenters. The fourth-order valence-corrected chi connectivity index (χ4v) is 1.04. The van der Waals surface area contributed by atoms with Crippen LogP contribution in [0.3, 0.4) is 0 Å². The summed E-state index contributed by atoms with van der Waals surface area (Å²) in [5.74, 6) is 0. The van der Waals surface area contributed by atoms with Crippen LogP contribution >= 0.6 is 28.1 Å². The van der Waals surface area contributed by atoms with Gasteiger partial charge < -0.3 is 5.73 Å². The Kier molecular flexibility index (Phi) is 3.85. The maximum atomic E-state index is 5.18. The third-order valence-corrected chi connectivity index (χ3v) is 1.88. The van der Waals surface area contributed by atoms with E-state index >= 15 is 0 Å². The zero-order valence-electron chi connectivity index (χ0n) is 6.70. The molecule has 0 unspecified atom stereocenters. The Bertz CT molecular complexity index is 321. The number of thiocarbonyl (C=S) groups is 1. The molecule has 68 valence electrons. The Morgan fingerprint density at radius 3 is 2.62 bits per heavy atom. The Hall–Kier alpha value is -0.940. The molecule has 0 aliphatic heterocycles. The maximum Gasteiger partial charge on any atom is 0.184 e. The Morgan fingerprint density at radius 2 is 2.08 bits per heavy atom. The highest BCUT2D eigenvalue weighted by molar-refractivity contribution is 9.10. The van der Waals surface area contributed by atoms with Crippen molar-refractivity contribution in [3.8, 4) is 0 Å². The van der Waals surface area contributed by atoms with E-state index in [1.165, 1.54) is 0 Å². The van der Waals surface area contributed by atoms with E-state index in [0.717, 1.165) is 10.0 Å². The van der Waals surface area contributed by atoms with Gasteiger partial charge in [0.25, 0.3) is 0 Å². The lowest BCUT2D eigenvalue weighted by molar-refractivity contribution is 1.04. The van der Waals surface area contributed by atoms with E-state index in [2.05, 4.69) is 38.7 Å². The predicted octanol–water partition coefficient (Wildman–Crippen LogP) is 1.62. The first kappa shape index (κ1) is 10.1. The smallest absolute Gasteiger partial charge is 0.184 e. The summed E-state index contributed by atoms with van der Waals surface area (Å²) in [6.45, 7) is 0. The lowest BCUT2D eigenvalue weighted by atomic mass is 10.2. The second-order valence-electron chi connectivity index (χ2n) is 2.29. The zero-order chi connectivity index (χ0) is 9.68. The van der Waals surface area contributed by atoms with Crippen molar-refractivity contribution < 1.29 is 0 Å². The number of hydrogen-bond donors (Lipinski definition) is 2. The highest BCUT2D eigenvalue weighted by Crippen LogP contribution is 2.08. The molecule has 0 fully saturated rings. The van der Waals surface area contributed by atoms with E-state index in [1.807, 2.05) is 24.3 Å². The first-order valence-corrected chi connectivity index (χ1v) is 4.72. The fourth-order valence-electron chi connectivity index (χ4n) is 0.719. The quantitative estimate of drug-likeness (QED) is 0.481. The minimum atomic E-state index is 0.161. The summed E-state index contributed by atoms with van der Waals surface area (Å²) >= 11 is 7.91. The van der Waals surface area contributed by atoms with Crippen molar-refractivity contribution in [3.05, 3.63) is 34.3 Å². The fraction of sp³-hybridized carbons (Fsp3) is 0.